The van der Waals surface area contributed by atoms with Crippen molar-refractivity contribution in [3.63, 3.8) is 0 Å². The van der Waals surface area contributed by atoms with Gasteiger partial charge in [-0.2, -0.15) is 0 Å². The molecule has 0 bridgehead atoms. The van der Waals surface area contributed by atoms with Gasteiger partial charge in [0.25, 0.3) is 0 Å². The van der Waals surface area contributed by atoms with Crippen molar-refractivity contribution in [2.45, 2.75) is 32.7 Å². The Bertz CT molecular complexity index is 1200. The Morgan fingerprint density at radius 3 is 2.88 bits per heavy atom. The minimum atomic E-state index is -0.483. The number of imidazole rings is 1. The van der Waals surface area contributed by atoms with Crippen LogP contribution in [-0.2, 0) is 6.42 Å². The molecule has 9 heteroatoms. The molecule has 168 valence electrons. The quantitative estimate of drug-likeness (QED) is 0.668. The van der Waals surface area contributed by atoms with Crippen molar-refractivity contribution < 1.29 is 9.18 Å². The van der Waals surface area contributed by atoms with Crippen LogP contribution in [0.15, 0.2) is 30.7 Å². The summed E-state index contributed by atoms with van der Waals surface area (Å²) in [6.45, 7) is 9.45. The molecule has 0 aliphatic carbocycles. The summed E-state index contributed by atoms with van der Waals surface area (Å²) < 4.78 is 16.5. The number of nitrogens with one attached hydrogen (secondary N) is 1. The van der Waals surface area contributed by atoms with Crippen molar-refractivity contribution in [3.05, 3.63) is 47.8 Å². The summed E-state index contributed by atoms with van der Waals surface area (Å²) in [6.07, 6.45) is 5.90. The zero-order valence-electron chi connectivity index (χ0n) is 18.9. The minimum Gasteiger partial charge on any atom is -0.368 e. The van der Waals surface area contributed by atoms with Gasteiger partial charge in [0.05, 0.1) is 11.4 Å². The average molecular weight is 438 g/mol. The van der Waals surface area contributed by atoms with Crippen LogP contribution in [-0.4, -0.2) is 59.2 Å². The molecular formula is C23H28FN7O. The van der Waals surface area contributed by atoms with E-state index in [1.165, 1.54) is 11.0 Å². The van der Waals surface area contributed by atoms with Gasteiger partial charge in [-0.15, -0.1) is 0 Å². The van der Waals surface area contributed by atoms with Crippen molar-refractivity contribution in [1.29, 1.82) is 0 Å². The lowest BCUT2D eigenvalue weighted by atomic mass is 10.0. The standard InChI is InChI=1S/C23H28FN7O/c1-15-12-30-13-19(17(24)11-20(30)27-15)28(4)22(32)31-9-6-16-18(5-7-25-21(16)31)29-10-8-26-23(2,3)14-29/h5,7,11-13,26H,6,8-10,14H2,1-4H3. The number of hydrogen-bond donors (Lipinski definition) is 1. The third kappa shape index (κ3) is 3.46. The molecule has 2 aliphatic heterocycles. The lowest BCUT2D eigenvalue weighted by Gasteiger charge is -2.41. The molecule has 5 rings (SSSR count). The lowest BCUT2D eigenvalue weighted by molar-refractivity contribution is 0.252. The summed E-state index contributed by atoms with van der Waals surface area (Å²) in [6, 6.07) is 3.09. The van der Waals surface area contributed by atoms with Gasteiger partial charge in [-0.25, -0.2) is 19.2 Å². The summed E-state index contributed by atoms with van der Waals surface area (Å²) in [5, 5.41) is 3.53. The third-order valence-corrected chi connectivity index (χ3v) is 6.28. The van der Waals surface area contributed by atoms with Crippen molar-refractivity contribution in [1.82, 2.24) is 19.7 Å². The fraction of sp³-hybridized carbons (Fsp3) is 0.435. The summed E-state index contributed by atoms with van der Waals surface area (Å²) in [7, 11) is 1.59. The number of carbonyl (C=O) groups excluding carboxylic acids is 1. The van der Waals surface area contributed by atoms with E-state index in [-0.39, 0.29) is 17.3 Å². The van der Waals surface area contributed by atoms with Crippen LogP contribution < -0.4 is 20.0 Å². The molecule has 0 saturated carbocycles. The highest BCUT2D eigenvalue weighted by molar-refractivity contribution is 6.04. The molecule has 32 heavy (non-hydrogen) atoms. The van der Waals surface area contributed by atoms with Gasteiger partial charge >= 0.3 is 6.03 Å². The molecule has 1 N–H and O–H groups in total. The second-order valence-corrected chi connectivity index (χ2v) is 9.26. The molecule has 2 amide bonds. The average Bonchev–Trinajstić information content (AvgIpc) is 3.33. The highest BCUT2D eigenvalue weighted by Gasteiger charge is 2.34. The monoisotopic (exact) mass is 437 g/mol. The van der Waals surface area contributed by atoms with Crippen molar-refractivity contribution >= 4 is 28.9 Å². The van der Waals surface area contributed by atoms with Crippen molar-refractivity contribution in [2.24, 2.45) is 0 Å². The Morgan fingerprint density at radius 2 is 2.09 bits per heavy atom. The van der Waals surface area contributed by atoms with Crippen molar-refractivity contribution in [2.75, 3.05) is 47.9 Å². The molecule has 3 aromatic rings. The molecule has 5 heterocycles. The predicted octanol–water partition coefficient (Wildman–Crippen LogP) is 2.98. The minimum absolute atomic E-state index is 0.0184. The van der Waals surface area contributed by atoms with Crippen molar-refractivity contribution in [3.8, 4) is 0 Å². The number of pyridine rings is 2. The summed E-state index contributed by atoms with van der Waals surface area (Å²) >= 11 is 0. The number of amides is 2. The Morgan fingerprint density at radius 1 is 1.28 bits per heavy atom. The van der Waals surface area contributed by atoms with Crippen LogP contribution in [0.2, 0.25) is 0 Å². The number of aromatic nitrogens is 3. The molecule has 0 atom stereocenters. The van der Waals surface area contributed by atoms with E-state index in [2.05, 4.69) is 34.0 Å². The van der Waals surface area contributed by atoms with E-state index in [1.807, 2.05) is 19.2 Å². The van der Waals surface area contributed by atoms with Gasteiger partial charge in [-0.05, 0) is 33.3 Å². The van der Waals surface area contributed by atoms with Crippen LogP contribution >= 0.6 is 0 Å². The Kier molecular flexibility index (Phi) is 4.81. The van der Waals surface area contributed by atoms with Gasteiger partial charge in [-0.3, -0.25) is 9.80 Å². The molecular weight excluding hydrogens is 409 g/mol. The molecule has 0 aromatic carbocycles. The number of urea groups is 1. The van der Waals surface area contributed by atoms with Crippen LogP contribution in [0.1, 0.15) is 25.1 Å². The number of rotatable bonds is 2. The van der Waals surface area contributed by atoms with E-state index in [0.29, 0.717) is 18.0 Å². The number of carbonyl (C=O) groups is 1. The first kappa shape index (κ1) is 20.7. The first-order chi connectivity index (χ1) is 15.2. The maximum atomic E-state index is 14.8. The summed E-state index contributed by atoms with van der Waals surface area (Å²) in [4.78, 5) is 27.6. The normalized spacial score (nSPS) is 17.7. The van der Waals surface area contributed by atoms with E-state index < -0.39 is 5.82 Å². The zero-order chi connectivity index (χ0) is 22.6. The van der Waals surface area contributed by atoms with E-state index in [1.54, 1.807) is 28.7 Å². The number of halogens is 1. The molecule has 0 spiro atoms. The molecule has 2 aliphatic rings. The summed E-state index contributed by atoms with van der Waals surface area (Å²) in [5.74, 6) is 0.179. The molecule has 0 radical (unpaired) electrons. The van der Waals surface area contributed by atoms with Crippen LogP contribution in [0.25, 0.3) is 5.65 Å². The topological polar surface area (TPSA) is 69.0 Å². The van der Waals surface area contributed by atoms with Crippen LogP contribution in [0.3, 0.4) is 0 Å². The third-order valence-electron chi connectivity index (χ3n) is 6.28. The second kappa shape index (κ2) is 7.44. The Hall–Kier alpha value is -3.20. The SMILES string of the molecule is Cc1cn2cc(N(C)C(=O)N3CCc4c(N5CCNC(C)(C)C5)ccnc43)c(F)cc2n1. The largest absolute Gasteiger partial charge is 0.368 e. The highest BCUT2D eigenvalue weighted by atomic mass is 19.1. The number of aryl methyl sites for hydroxylation is 1. The number of anilines is 3. The van der Waals surface area contributed by atoms with Gasteiger partial charge in [0.2, 0.25) is 0 Å². The molecule has 8 nitrogen and oxygen atoms in total. The zero-order valence-corrected chi connectivity index (χ0v) is 18.9. The number of nitrogens with zero attached hydrogens (tertiary/aromatic N) is 6. The smallest absolute Gasteiger partial charge is 0.330 e. The van der Waals surface area contributed by atoms with E-state index in [0.717, 1.165) is 43.0 Å². The van der Waals surface area contributed by atoms with Gasteiger partial charge in [0.15, 0.2) is 5.82 Å². The number of piperazine rings is 1. The fourth-order valence-corrected chi connectivity index (χ4v) is 4.76. The predicted molar refractivity (Wildman–Crippen MR) is 123 cm³/mol. The first-order valence-electron chi connectivity index (χ1n) is 10.9. The molecule has 3 aromatic heterocycles. The number of fused-ring (bicyclic) bond motifs is 2. The molecule has 0 unspecified atom stereocenters. The van der Waals surface area contributed by atoms with Gasteiger partial charge in [0.1, 0.15) is 11.5 Å². The molecule has 1 fully saturated rings. The number of hydrogen-bond acceptors (Lipinski definition) is 5. The van der Waals surface area contributed by atoms with E-state index in [4.69, 9.17) is 0 Å². The van der Waals surface area contributed by atoms with Crippen LogP contribution in [0.5, 0.6) is 0 Å². The molecule has 1 saturated heterocycles. The maximum Gasteiger partial charge on any atom is 0.330 e. The van der Waals surface area contributed by atoms with E-state index >= 15 is 0 Å². The van der Waals surface area contributed by atoms with Crippen LogP contribution in [0, 0.1) is 12.7 Å². The fourth-order valence-electron chi connectivity index (χ4n) is 4.76. The second-order valence-electron chi connectivity index (χ2n) is 9.26. The first-order valence-corrected chi connectivity index (χ1v) is 10.9. The Labute approximate surface area is 186 Å². The summed E-state index contributed by atoms with van der Waals surface area (Å²) in [5.41, 5.74) is 3.73. The maximum absolute atomic E-state index is 14.8. The highest BCUT2D eigenvalue weighted by Crippen LogP contribution is 2.36. The van der Waals surface area contributed by atoms with Gasteiger partial charge < -0.3 is 14.6 Å². The van der Waals surface area contributed by atoms with Gasteiger partial charge in [0, 0.05) is 74.7 Å². The Balaban J connectivity index is 1.44. The van der Waals surface area contributed by atoms with E-state index in [9.17, 15) is 9.18 Å². The lowest BCUT2D eigenvalue weighted by Crippen LogP contribution is -2.57. The van der Waals surface area contributed by atoms with Crippen LogP contribution in [0.4, 0.5) is 26.4 Å². The van der Waals surface area contributed by atoms with Gasteiger partial charge in [-0.1, -0.05) is 0 Å².